The van der Waals surface area contributed by atoms with Crippen LogP contribution in [-0.4, -0.2) is 50.4 Å². The van der Waals surface area contributed by atoms with Crippen LogP contribution in [0.25, 0.3) is 0 Å². The monoisotopic (exact) mass is 324 g/mol. The van der Waals surface area contributed by atoms with Gasteiger partial charge in [0, 0.05) is 18.7 Å². The smallest absolute Gasteiger partial charge is 0.307 e. The standard InChI is InChI=1S/C12H21O8P/c1-2-3-8(11(15)16)6-21(19,20)7-9(12(17)18)4-5-10(13)14/h8-9H,2-7H2,1H3,(H,13,14)(H,15,16)(H,17,18)(H,19,20). The number of aliphatic carboxylic acids is 3. The van der Waals surface area contributed by atoms with Gasteiger partial charge in [0.25, 0.3) is 0 Å². The molecule has 8 nitrogen and oxygen atoms in total. The van der Waals surface area contributed by atoms with Crippen molar-refractivity contribution in [2.24, 2.45) is 11.8 Å². The van der Waals surface area contributed by atoms with E-state index in [9.17, 15) is 23.8 Å². The molecule has 3 unspecified atom stereocenters. The Hall–Kier alpha value is -1.40. The number of carboxylic acids is 3. The third-order valence-corrected chi connectivity index (χ3v) is 5.08. The molecule has 21 heavy (non-hydrogen) atoms. The Balaban J connectivity index is 4.79. The molecule has 0 amide bonds. The molecule has 0 rings (SSSR count). The summed E-state index contributed by atoms with van der Waals surface area (Å²) in [7, 11) is -3.96. The number of hydrogen-bond acceptors (Lipinski definition) is 4. The number of carbonyl (C=O) groups is 3. The lowest BCUT2D eigenvalue weighted by Gasteiger charge is -2.20. The average molecular weight is 324 g/mol. The van der Waals surface area contributed by atoms with Crippen LogP contribution in [0.2, 0.25) is 0 Å². The van der Waals surface area contributed by atoms with E-state index in [1.54, 1.807) is 6.92 Å². The Kier molecular flexibility index (Phi) is 8.21. The second kappa shape index (κ2) is 8.79. The van der Waals surface area contributed by atoms with Crippen LogP contribution in [0.1, 0.15) is 32.6 Å². The number of rotatable bonds is 11. The molecule has 0 aliphatic rings. The van der Waals surface area contributed by atoms with E-state index in [4.69, 9.17) is 15.3 Å². The minimum atomic E-state index is -3.96. The SMILES string of the molecule is CCCC(CP(=O)(O)CC(CCC(=O)O)C(=O)O)C(=O)O. The highest BCUT2D eigenvalue weighted by molar-refractivity contribution is 7.58. The molecule has 0 spiro atoms. The second-order valence-electron chi connectivity index (χ2n) is 5.00. The second-order valence-corrected chi connectivity index (χ2v) is 7.43. The summed E-state index contributed by atoms with van der Waals surface area (Å²) in [4.78, 5) is 42.2. The molecule has 0 aliphatic heterocycles. The van der Waals surface area contributed by atoms with Gasteiger partial charge in [-0.1, -0.05) is 13.3 Å². The van der Waals surface area contributed by atoms with Crippen molar-refractivity contribution in [3.63, 3.8) is 0 Å². The van der Waals surface area contributed by atoms with Crippen molar-refractivity contribution in [2.45, 2.75) is 32.6 Å². The van der Waals surface area contributed by atoms with E-state index in [1.165, 1.54) is 0 Å². The van der Waals surface area contributed by atoms with Gasteiger partial charge in [0.15, 0.2) is 0 Å². The predicted octanol–water partition coefficient (Wildman–Crippen LogP) is 1.32. The van der Waals surface area contributed by atoms with E-state index in [-0.39, 0.29) is 12.8 Å². The molecule has 0 aromatic carbocycles. The van der Waals surface area contributed by atoms with E-state index in [1.807, 2.05) is 0 Å². The van der Waals surface area contributed by atoms with Gasteiger partial charge in [0.05, 0.1) is 11.8 Å². The summed E-state index contributed by atoms with van der Waals surface area (Å²) in [5.41, 5.74) is 0. The molecule has 0 saturated carbocycles. The van der Waals surface area contributed by atoms with Crippen LogP contribution in [0.5, 0.6) is 0 Å². The molecule has 0 aromatic heterocycles. The Morgan fingerprint density at radius 1 is 0.952 bits per heavy atom. The molecule has 0 aromatic rings. The van der Waals surface area contributed by atoms with Gasteiger partial charge in [-0.25, -0.2) is 0 Å². The van der Waals surface area contributed by atoms with Crippen molar-refractivity contribution < 1.29 is 39.2 Å². The topological polar surface area (TPSA) is 149 Å². The first-order chi connectivity index (χ1) is 9.59. The summed E-state index contributed by atoms with van der Waals surface area (Å²) in [6.45, 7) is 1.74. The van der Waals surface area contributed by atoms with E-state index >= 15 is 0 Å². The maximum atomic E-state index is 12.0. The van der Waals surface area contributed by atoms with Gasteiger partial charge in [-0.05, 0) is 12.8 Å². The first-order valence-electron chi connectivity index (χ1n) is 6.57. The van der Waals surface area contributed by atoms with E-state index in [0.717, 1.165) is 0 Å². The maximum Gasteiger partial charge on any atom is 0.307 e. The van der Waals surface area contributed by atoms with Crippen molar-refractivity contribution in [1.29, 1.82) is 0 Å². The molecular weight excluding hydrogens is 303 g/mol. The summed E-state index contributed by atoms with van der Waals surface area (Å²) in [5.74, 6) is -6.01. The van der Waals surface area contributed by atoms with Gasteiger partial charge in [0.1, 0.15) is 0 Å². The third-order valence-electron chi connectivity index (χ3n) is 3.05. The lowest BCUT2D eigenvalue weighted by molar-refractivity contribution is -0.142. The normalized spacial score (nSPS) is 16.7. The van der Waals surface area contributed by atoms with Crippen molar-refractivity contribution in [2.75, 3.05) is 12.3 Å². The molecule has 0 radical (unpaired) electrons. The lowest BCUT2D eigenvalue weighted by Crippen LogP contribution is -2.23. The van der Waals surface area contributed by atoms with Gasteiger partial charge in [-0.2, -0.15) is 0 Å². The lowest BCUT2D eigenvalue weighted by atomic mass is 10.1. The van der Waals surface area contributed by atoms with E-state index in [0.29, 0.717) is 6.42 Å². The summed E-state index contributed by atoms with van der Waals surface area (Å²) in [6.07, 6.45) is -1.03. The highest BCUT2D eigenvalue weighted by Crippen LogP contribution is 2.46. The Morgan fingerprint density at radius 2 is 1.38 bits per heavy atom. The minimum Gasteiger partial charge on any atom is -0.481 e. The molecule has 9 heteroatoms. The van der Waals surface area contributed by atoms with Gasteiger partial charge in [0.2, 0.25) is 7.37 Å². The Bertz CT molecular complexity index is 433. The van der Waals surface area contributed by atoms with Gasteiger partial charge in [-0.3, -0.25) is 18.9 Å². The van der Waals surface area contributed by atoms with Gasteiger partial charge < -0.3 is 20.2 Å². The molecule has 122 valence electrons. The van der Waals surface area contributed by atoms with Crippen LogP contribution in [0, 0.1) is 11.8 Å². The van der Waals surface area contributed by atoms with Crippen molar-refractivity contribution in [3.8, 4) is 0 Å². The highest BCUT2D eigenvalue weighted by atomic mass is 31.2. The van der Waals surface area contributed by atoms with Gasteiger partial charge >= 0.3 is 17.9 Å². The molecule has 0 fully saturated rings. The summed E-state index contributed by atoms with van der Waals surface area (Å²) >= 11 is 0. The van der Waals surface area contributed by atoms with E-state index < -0.39 is 55.9 Å². The molecule has 0 heterocycles. The fourth-order valence-electron chi connectivity index (χ4n) is 2.00. The molecule has 0 aliphatic carbocycles. The van der Waals surface area contributed by atoms with Gasteiger partial charge in [-0.15, -0.1) is 0 Å². The van der Waals surface area contributed by atoms with Crippen LogP contribution in [0.15, 0.2) is 0 Å². The van der Waals surface area contributed by atoms with Crippen molar-refractivity contribution >= 4 is 25.3 Å². The van der Waals surface area contributed by atoms with E-state index in [2.05, 4.69) is 0 Å². The summed E-state index contributed by atoms with van der Waals surface area (Å²) < 4.78 is 12.0. The largest absolute Gasteiger partial charge is 0.481 e. The average Bonchev–Trinajstić information content (AvgIpc) is 2.33. The number of carboxylic acid groups (broad SMARTS) is 3. The zero-order valence-corrected chi connectivity index (χ0v) is 12.7. The van der Waals surface area contributed by atoms with Crippen LogP contribution in [-0.2, 0) is 18.9 Å². The van der Waals surface area contributed by atoms with Crippen LogP contribution in [0.3, 0.4) is 0 Å². The molecule has 3 atom stereocenters. The van der Waals surface area contributed by atoms with Crippen LogP contribution < -0.4 is 0 Å². The predicted molar refractivity (Wildman–Crippen MR) is 73.6 cm³/mol. The Morgan fingerprint density at radius 3 is 1.71 bits per heavy atom. The first-order valence-corrected chi connectivity index (χ1v) is 8.60. The fourth-order valence-corrected chi connectivity index (χ4v) is 4.20. The zero-order valence-electron chi connectivity index (χ0n) is 11.8. The molecule has 0 saturated heterocycles. The third kappa shape index (κ3) is 8.47. The maximum absolute atomic E-state index is 12.0. The Labute approximate surface area is 122 Å². The summed E-state index contributed by atoms with van der Waals surface area (Å²) in [5, 5.41) is 26.4. The van der Waals surface area contributed by atoms with Crippen molar-refractivity contribution in [1.82, 2.24) is 0 Å². The first kappa shape index (κ1) is 19.6. The molecular formula is C12H21O8P. The van der Waals surface area contributed by atoms with Crippen LogP contribution in [0.4, 0.5) is 0 Å². The molecule has 0 bridgehead atoms. The number of hydrogen-bond donors (Lipinski definition) is 4. The summed E-state index contributed by atoms with van der Waals surface area (Å²) in [6, 6.07) is 0. The van der Waals surface area contributed by atoms with Crippen LogP contribution >= 0.6 is 7.37 Å². The quantitative estimate of drug-likeness (QED) is 0.416. The molecule has 4 N–H and O–H groups in total. The minimum absolute atomic E-state index is 0.229. The zero-order chi connectivity index (χ0) is 16.6. The fraction of sp³-hybridized carbons (Fsp3) is 0.750. The highest BCUT2D eigenvalue weighted by Gasteiger charge is 2.33. The van der Waals surface area contributed by atoms with Crippen molar-refractivity contribution in [3.05, 3.63) is 0 Å².